The molecule has 0 saturated carbocycles. The van der Waals surface area contributed by atoms with E-state index in [1.807, 2.05) is 11.0 Å². The summed E-state index contributed by atoms with van der Waals surface area (Å²) in [6.45, 7) is 1.00. The Morgan fingerprint density at radius 1 is 1.43 bits per heavy atom. The molecule has 0 aromatic heterocycles. The molecule has 1 atom stereocenters. The van der Waals surface area contributed by atoms with Gasteiger partial charge in [0.2, 0.25) is 11.8 Å². The maximum atomic E-state index is 13.4. The summed E-state index contributed by atoms with van der Waals surface area (Å²) in [5.74, 6) is -0.422. The van der Waals surface area contributed by atoms with E-state index in [-0.39, 0.29) is 30.3 Å². The van der Waals surface area contributed by atoms with Gasteiger partial charge in [-0.2, -0.15) is 0 Å². The average Bonchev–Trinajstić information content (AvgIpc) is 2.52. The van der Waals surface area contributed by atoms with Crippen molar-refractivity contribution in [3.05, 3.63) is 35.6 Å². The smallest absolute Gasteiger partial charge is 0.246 e. The van der Waals surface area contributed by atoms with Gasteiger partial charge in [0, 0.05) is 26.6 Å². The van der Waals surface area contributed by atoms with Gasteiger partial charge in [0.1, 0.15) is 12.4 Å². The number of rotatable bonds is 7. The molecule has 6 heteroatoms. The second-order valence-corrected chi connectivity index (χ2v) is 5.77. The number of benzene rings is 1. The minimum Gasteiger partial charge on any atom is -0.375 e. The van der Waals surface area contributed by atoms with Gasteiger partial charge in [0.25, 0.3) is 0 Å². The number of carbonyl (C=O) groups is 2. The Labute approximate surface area is 135 Å². The number of hydrogen-bond acceptors (Lipinski definition) is 3. The molecule has 0 radical (unpaired) electrons. The highest BCUT2D eigenvalue weighted by Crippen LogP contribution is 2.17. The van der Waals surface area contributed by atoms with Crippen LogP contribution in [0.4, 0.5) is 4.39 Å². The molecule has 0 aliphatic carbocycles. The van der Waals surface area contributed by atoms with E-state index in [2.05, 4.69) is 5.32 Å². The lowest BCUT2D eigenvalue weighted by Gasteiger charge is -2.35. The van der Waals surface area contributed by atoms with Crippen LogP contribution in [0.5, 0.6) is 0 Å². The second kappa shape index (κ2) is 8.62. The molecule has 1 aliphatic heterocycles. The summed E-state index contributed by atoms with van der Waals surface area (Å²) in [5, 5.41) is 2.78. The van der Waals surface area contributed by atoms with E-state index in [0.717, 1.165) is 18.4 Å². The van der Waals surface area contributed by atoms with Gasteiger partial charge in [-0.15, -0.1) is 0 Å². The Balaban J connectivity index is 2.06. The number of nitrogens with zero attached hydrogens (tertiary/aromatic N) is 1. The Kier molecular flexibility index (Phi) is 6.52. The average molecular weight is 322 g/mol. The molecule has 1 aromatic rings. The predicted molar refractivity (Wildman–Crippen MR) is 84.3 cm³/mol. The molecular weight excluding hydrogens is 299 g/mol. The minimum atomic E-state index is -0.297. The van der Waals surface area contributed by atoms with Gasteiger partial charge in [0.05, 0.1) is 6.04 Å². The van der Waals surface area contributed by atoms with Gasteiger partial charge in [0.15, 0.2) is 0 Å². The first-order valence-electron chi connectivity index (χ1n) is 7.89. The number of amides is 2. The van der Waals surface area contributed by atoms with Crippen molar-refractivity contribution >= 4 is 11.8 Å². The zero-order chi connectivity index (χ0) is 16.7. The molecule has 1 unspecified atom stereocenters. The number of halogens is 1. The molecule has 5 nitrogen and oxygen atoms in total. The zero-order valence-corrected chi connectivity index (χ0v) is 13.4. The van der Waals surface area contributed by atoms with Crippen LogP contribution in [0, 0.1) is 5.82 Å². The number of piperidine rings is 1. The molecule has 0 spiro atoms. The molecule has 2 rings (SSSR count). The minimum absolute atomic E-state index is 0.0133. The van der Waals surface area contributed by atoms with Gasteiger partial charge in [-0.25, -0.2) is 4.39 Å². The highest BCUT2D eigenvalue weighted by atomic mass is 19.1. The maximum absolute atomic E-state index is 13.4. The third-order valence-corrected chi connectivity index (χ3v) is 3.97. The van der Waals surface area contributed by atoms with Crippen LogP contribution in [0.25, 0.3) is 0 Å². The van der Waals surface area contributed by atoms with E-state index in [1.165, 1.54) is 19.2 Å². The van der Waals surface area contributed by atoms with Gasteiger partial charge in [-0.3, -0.25) is 9.59 Å². The number of likely N-dealkylation sites (tertiary alicyclic amines) is 1. The Bertz CT molecular complexity index is 550. The topological polar surface area (TPSA) is 58.6 Å². The number of hydrogen-bond donors (Lipinski definition) is 1. The van der Waals surface area contributed by atoms with Crippen molar-refractivity contribution in [1.29, 1.82) is 0 Å². The second-order valence-electron chi connectivity index (χ2n) is 5.77. The first kappa shape index (κ1) is 17.4. The van der Waals surface area contributed by atoms with Crippen molar-refractivity contribution in [2.75, 3.05) is 26.8 Å². The van der Waals surface area contributed by atoms with E-state index >= 15 is 0 Å². The van der Waals surface area contributed by atoms with E-state index in [4.69, 9.17) is 4.74 Å². The fourth-order valence-electron chi connectivity index (χ4n) is 2.86. The summed E-state index contributed by atoms with van der Waals surface area (Å²) in [6.07, 6.45) is 2.90. The largest absolute Gasteiger partial charge is 0.375 e. The van der Waals surface area contributed by atoms with Gasteiger partial charge >= 0.3 is 0 Å². The lowest BCUT2D eigenvalue weighted by Crippen LogP contribution is -2.50. The SMILES string of the molecule is COCC(=O)NCC(Cc1cccc(F)c1)N1CCCCC1=O. The molecule has 1 fully saturated rings. The Morgan fingerprint density at radius 2 is 2.26 bits per heavy atom. The predicted octanol–water partition coefficient (Wildman–Crippen LogP) is 1.51. The molecule has 1 heterocycles. The van der Waals surface area contributed by atoms with Crippen molar-refractivity contribution in [1.82, 2.24) is 10.2 Å². The van der Waals surface area contributed by atoms with Crippen molar-refractivity contribution in [2.24, 2.45) is 0 Å². The molecule has 23 heavy (non-hydrogen) atoms. The van der Waals surface area contributed by atoms with Crippen molar-refractivity contribution in [3.8, 4) is 0 Å². The van der Waals surface area contributed by atoms with Crippen LogP contribution in [0.1, 0.15) is 24.8 Å². The summed E-state index contributed by atoms with van der Waals surface area (Å²) in [5.41, 5.74) is 0.814. The third-order valence-electron chi connectivity index (χ3n) is 3.97. The number of nitrogens with one attached hydrogen (secondary N) is 1. The van der Waals surface area contributed by atoms with E-state index in [9.17, 15) is 14.0 Å². The van der Waals surface area contributed by atoms with Crippen molar-refractivity contribution < 1.29 is 18.7 Å². The Morgan fingerprint density at radius 3 is 2.96 bits per heavy atom. The van der Waals surface area contributed by atoms with Crippen LogP contribution in [0.3, 0.4) is 0 Å². The molecular formula is C17H23FN2O3. The number of ether oxygens (including phenoxy) is 1. The molecule has 1 saturated heterocycles. The van der Waals surface area contributed by atoms with Crippen LogP contribution >= 0.6 is 0 Å². The first-order valence-corrected chi connectivity index (χ1v) is 7.89. The fraction of sp³-hybridized carbons (Fsp3) is 0.529. The molecule has 126 valence electrons. The molecule has 1 aliphatic rings. The molecule has 2 amide bonds. The van der Waals surface area contributed by atoms with Crippen molar-refractivity contribution in [2.45, 2.75) is 31.7 Å². The summed E-state index contributed by atoms with van der Waals surface area (Å²) >= 11 is 0. The lowest BCUT2D eigenvalue weighted by molar-refractivity contribution is -0.136. The van der Waals surface area contributed by atoms with E-state index in [0.29, 0.717) is 25.9 Å². The van der Waals surface area contributed by atoms with Gasteiger partial charge in [-0.1, -0.05) is 12.1 Å². The lowest BCUT2D eigenvalue weighted by atomic mass is 10.0. The summed E-state index contributed by atoms with van der Waals surface area (Å²) in [4.78, 5) is 25.6. The van der Waals surface area contributed by atoms with Crippen LogP contribution in [-0.4, -0.2) is 49.6 Å². The first-order chi connectivity index (χ1) is 11.1. The fourth-order valence-corrected chi connectivity index (χ4v) is 2.86. The van der Waals surface area contributed by atoms with E-state index < -0.39 is 0 Å². The standard InChI is InChI=1S/C17H23FN2O3/c1-23-12-16(21)19-11-15(20-8-3-2-7-17(20)22)10-13-5-4-6-14(18)9-13/h4-6,9,15H,2-3,7-8,10-12H2,1H3,(H,19,21). The highest BCUT2D eigenvalue weighted by Gasteiger charge is 2.26. The van der Waals surface area contributed by atoms with Gasteiger partial charge < -0.3 is 15.0 Å². The number of methoxy groups -OCH3 is 1. The monoisotopic (exact) mass is 322 g/mol. The van der Waals surface area contributed by atoms with Crippen LogP contribution in [0.15, 0.2) is 24.3 Å². The van der Waals surface area contributed by atoms with Gasteiger partial charge in [-0.05, 0) is 37.0 Å². The summed E-state index contributed by atoms with van der Waals surface area (Å²) in [6, 6.07) is 6.18. The van der Waals surface area contributed by atoms with Crippen molar-refractivity contribution in [3.63, 3.8) is 0 Å². The highest BCUT2D eigenvalue weighted by molar-refractivity contribution is 5.78. The van der Waals surface area contributed by atoms with Crippen LogP contribution in [-0.2, 0) is 20.7 Å². The maximum Gasteiger partial charge on any atom is 0.246 e. The third kappa shape index (κ3) is 5.32. The molecule has 0 bridgehead atoms. The van der Waals surface area contributed by atoms with E-state index in [1.54, 1.807) is 6.07 Å². The van der Waals surface area contributed by atoms with Crippen LogP contribution in [0.2, 0.25) is 0 Å². The molecule has 1 N–H and O–H groups in total. The zero-order valence-electron chi connectivity index (χ0n) is 13.4. The molecule has 1 aromatic carbocycles. The van der Waals surface area contributed by atoms with Crippen LogP contribution < -0.4 is 5.32 Å². The summed E-state index contributed by atoms with van der Waals surface area (Å²) < 4.78 is 18.2. The quantitative estimate of drug-likeness (QED) is 0.828. The Hall–Kier alpha value is -1.95. The number of carbonyl (C=O) groups excluding carboxylic acids is 2. The summed E-state index contributed by atoms with van der Waals surface area (Å²) in [7, 11) is 1.46. The normalized spacial score (nSPS) is 16.3.